The van der Waals surface area contributed by atoms with Crippen LogP contribution in [0, 0.1) is 0 Å². The maximum atomic E-state index is 5.78. The SMILES string of the molecule is N[C@@H]1CCN(c2ccnc(Cl)n2)C1. The van der Waals surface area contributed by atoms with Crippen LogP contribution >= 0.6 is 11.6 Å². The van der Waals surface area contributed by atoms with Crippen molar-refractivity contribution >= 4 is 17.4 Å². The molecule has 0 aromatic carbocycles. The zero-order valence-corrected chi connectivity index (χ0v) is 7.91. The number of rotatable bonds is 1. The predicted molar refractivity (Wildman–Crippen MR) is 51.8 cm³/mol. The highest BCUT2D eigenvalue weighted by Gasteiger charge is 2.20. The molecular weight excluding hydrogens is 188 g/mol. The summed E-state index contributed by atoms with van der Waals surface area (Å²) in [7, 11) is 0. The summed E-state index contributed by atoms with van der Waals surface area (Å²) in [6, 6.07) is 2.11. The van der Waals surface area contributed by atoms with Crippen molar-refractivity contribution in [2.75, 3.05) is 18.0 Å². The lowest BCUT2D eigenvalue weighted by Crippen LogP contribution is -2.26. The fraction of sp³-hybridized carbons (Fsp3) is 0.500. The number of nitrogens with zero attached hydrogens (tertiary/aromatic N) is 3. The van der Waals surface area contributed by atoms with Gasteiger partial charge in [-0.1, -0.05) is 0 Å². The molecule has 0 saturated carbocycles. The van der Waals surface area contributed by atoms with Gasteiger partial charge in [0, 0.05) is 25.3 Å². The Bertz CT molecular complexity index is 304. The highest BCUT2D eigenvalue weighted by atomic mass is 35.5. The van der Waals surface area contributed by atoms with E-state index in [0.29, 0.717) is 0 Å². The molecule has 4 nitrogen and oxygen atoms in total. The number of hydrogen-bond acceptors (Lipinski definition) is 4. The normalized spacial score (nSPS) is 22.3. The van der Waals surface area contributed by atoms with Crippen molar-refractivity contribution < 1.29 is 0 Å². The Kier molecular flexibility index (Phi) is 2.33. The van der Waals surface area contributed by atoms with E-state index in [-0.39, 0.29) is 11.3 Å². The number of halogens is 1. The van der Waals surface area contributed by atoms with Gasteiger partial charge in [-0.25, -0.2) is 9.97 Å². The van der Waals surface area contributed by atoms with Crippen LogP contribution in [0.2, 0.25) is 5.28 Å². The second-order valence-electron chi connectivity index (χ2n) is 3.18. The smallest absolute Gasteiger partial charge is 0.224 e. The Morgan fingerprint density at radius 1 is 1.62 bits per heavy atom. The summed E-state index contributed by atoms with van der Waals surface area (Å²) in [4.78, 5) is 10.1. The van der Waals surface area contributed by atoms with Crippen LogP contribution in [0.1, 0.15) is 6.42 Å². The largest absolute Gasteiger partial charge is 0.355 e. The van der Waals surface area contributed by atoms with Crippen molar-refractivity contribution in [1.82, 2.24) is 9.97 Å². The third-order valence-corrected chi connectivity index (χ3v) is 2.34. The van der Waals surface area contributed by atoms with E-state index in [1.54, 1.807) is 6.20 Å². The Labute approximate surface area is 81.7 Å². The second-order valence-corrected chi connectivity index (χ2v) is 3.52. The first-order valence-corrected chi connectivity index (χ1v) is 4.62. The third-order valence-electron chi connectivity index (χ3n) is 2.16. The first kappa shape index (κ1) is 8.72. The summed E-state index contributed by atoms with van der Waals surface area (Å²) >= 11 is 5.68. The molecule has 2 N–H and O–H groups in total. The van der Waals surface area contributed by atoms with E-state index >= 15 is 0 Å². The summed E-state index contributed by atoms with van der Waals surface area (Å²) in [6.45, 7) is 1.81. The minimum absolute atomic E-state index is 0.258. The molecular formula is C8H11ClN4. The van der Waals surface area contributed by atoms with E-state index in [2.05, 4.69) is 14.9 Å². The zero-order valence-electron chi connectivity index (χ0n) is 7.15. The molecule has 1 aliphatic heterocycles. The van der Waals surface area contributed by atoms with Crippen LogP contribution in [-0.4, -0.2) is 29.1 Å². The summed E-state index contributed by atoms with van der Waals surface area (Å²) in [5.74, 6) is 0.868. The number of anilines is 1. The molecule has 1 aromatic rings. The van der Waals surface area contributed by atoms with Gasteiger partial charge in [0.2, 0.25) is 5.28 Å². The predicted octanol–water partition coefficient (Wildman–Crippen LogP) is 0.667. The lowest BCUT2D eigenvalue weighted by molar-refractivity contribution is 0.751. The van der Waals surface area contributed by atoms with Crippen molar-refractivity contribution in [1.29, 1.82) is 0 Å². The molecule has 13 heavy (non-hydrogen) atoms. The van der Waals surface area contributed by atoms with Gasteiger partial charge in [-0.15, -0.1) is 0 Å². The fourth-order valence-corrected chi connectivity index (χ4v) is 1.64. The van der Waals surface area contributed by atoms with Crippen LogP contribution < -0.4 is 10.6 Å². The summed E-state index contributed by atoms with van der Waals surface area (Å²) in [5, 5.41) is 0.290. The molecule has 1 atom stereocenters. The molecule has 0 radical (unpaired) electrons. The molecule has 0 spiro atoms. The molecule has 1 saturated heterocycles. The molecule has 2 heterocycles. The van der Waals surface area contributed by atoms with E-state index in [1.807, 2.05) is 6.07 Å². The standard InChI is InChI=1S/C8H11ClN4/c9-8-11-3-1-7(12-8)13-4-2-6(10)5-13/h1,3,6H,2,4-5,10H2/t6-/m1/s1. The third kappa shape index (κ3) is 1.89. The Hall–Kier alpha value is -0.870. The zero-order chi connectivity index (χ0) is 9.26. The minimum Gasteiger partial charge on any atom is -0.355 e. The summed E-state index contributed by atoms with van der Waals surface area (Å²) < 4.78 is 0. The molecule has 5 heteroatoms. The van der Waals surface area contributed by atoms with Crippen molar-refractivity contribution in [3.63, 3.8) is 0 Å². The maximum Gasteiger partial charge on any atom is 0.224 e. The van der Waals surface area contributed by atoms with E-state index in [1.165, 1.54) is 0 Å². The van der Waals surface area contributed by atoms with Gasteiger partial charge in [0.15, 0.2) is 0 Å². The van der Waals surface area contributed by atoms with Gasteiger partial charge in [-0.2, -0.15) is 0 Å². The summed E-state index contributed by atoms with van der Waals surface area (Å²) in [6.07, 6.45) is 2.68. The van der Waals surface area contributed by atoms with Gasteiger partial charge >= 0.3 is 0 Å². The molecule has 0 unspecified atom stereocenters. The van der Waals surface area contributed by atoms with Crippen LogP contribution in [0.15, 0.2) is 12.3 Å². The van der Waals surface area contributed by atoms with Gasteiger partial charge in [-0.3, -0.25) is 0 Å². The lowest BCUT2D eigenvalue weighted by Gasteiger charge is -2.15. The van der Waals surface area contributed by atoms with Gasteiger partial charge in [0.05, 0.1) is 0 Å². The molecule has 1 aliphatic rings. The molecule has 70 valence electrons. The van der Waals surface area contributed by atoms with Gasteiger partial charge in [-0.05, 0) is 24.1 Å². The molecule has 2 rings (SSSR count). The highest BCUT2D eigenvalue weighted by molar-refractivity contribution is 6.28. The monoisotopic (exact) mass is 198 g/mol. The first-order valence-electron chi connectivity index (χ1n) is 4.25. The Morgan fingerprint density at radius 3 is 3.08 bits per heavy atom. The number of aromatic nitrogens is 2. The average Bonchev–Trinajstić information content (AvgIpc) is 2.52. The quantitative estimate of drug-likeness (QED) is 0.674. The maximum absolute atomic E-state index is 5.78. The minimum atomic E-state index is 0.258. The van der Waals surface area contributed by atoms with Crippen molar-refractivity contribution in [2.24, 2.45) is 5.73 Å². The molecule has 0 amide bonds. The number of hydrogen-bond donors (Lipinski definition) is 1. The van der Waals surface area contributed by atoms with Gasteiger partial charge in [0.25, 0.3) is 0 Å². The van der Waals surface area contributed by atoms with E-state index in [0.717, 1.165) is 25.3 Å². The van der Waals surface area contributed by atoms with E-state index < -0.39 is 0 Å². The second kappa shape index (κ2) is 3.47. The van der Waals surface area contributed by atoms with Crippen LogP contribution in [0.5, 0.6) is 0 Å². The molecule has 0 bridgehead atoms. The van der Waals surface area contributed by atoms with Gasteiger partial charge < -0.3 is 10.6 Å². The van der Waals surface area contributed by atoms with Crippen LogP contribution in [0.3, 0.4) is 0 Å². The van der Waals surface area contributed by atoms with Gasteiger partial charge in [0.1, 0.15) is 5.82 Å². The Balaban J connectivity index is 2.16. The van der Waals surface area contributed by atoms with E-state index in [9.17, 15) is 0 Å². The van der Waals surface area contributed by atoms with Crippen LogP contribution in [0.4, 0.5) is 5.82 Å². The number of nitrogens with two attached hydrogens (primary N) is 1. The average molecular weight is 199 g/mol. The van der Waals surface area contributed by atoms with Crippen molar-refractivity contribution in [3.05, 3.63) is 17.5 Å². The highest BCUT2D eigenvalue weighted by Crippen LogP contribution is 2.17. The lowest BCUT2D eigenvalue weighted by atomic mass is 10.3. The van der Waals surface area contributed by atoms with Crippen LogP contribution in [-0.2, 0) is 0 Å². The van der Waals surface area contributed by atoms with Crippen LogP contribution in [0.25, 0.3) is 0 Å². The Morgan fingerprint density at radius 2 is 2.46 bits per heavy atom. The summed E-state index contributed by atoms with van der Waals surface area (Å²) in [5.41, 5.74) is 5.78. The molecule has 1 fully saturated rings. The molecule has 1 aromatic heterocycles. The van der Waals surface area contributed by atoms with Crippen molar-refractivity contribution in [3.8, 4) is 0 Å². The first-order chi connectivity index (χ1) is 6.25. The van der Waals surface area contributed by atoms with Crippen molar-refractivity contribution in [2.45, 2.75) is 12.5 Å². The topological polar surface area (TPSA) is 55.0 Å². The fourth-order valence-electron chi connectivity index (χ4n) is 1.50. The van der Waals surface area contributed by atoms with E-state index in [4.69, 9.17) is 17.3 Å². The molecule has 0 aliphatic carbocycles.